The Hall–Kier alpha value is -3.22. The third-order valence-electron chi connectivity index (χ3n) is 4.67. The summed E-state index contributed by atoms with van der Waals surface area (Å²) in [5.41, 5.74) is 2.24. The van der Waals surface area contributed by atoms with Crippen LogP contribution in [0.15, 0.2) is 35.1 Å². The fourth-order valence-electron chi connectivity index (χ4n) is 3.55. The predicted octanol–water partition coefficient (Wildman–Crippen LogP) is 4.47. The zero-order valence-electron chi connectivity index (χ0n) is 14.6. The Morgan fingerprint density at radius 3 is 2.67 bits per heavy atom. The van der Waals surface area contributed by atoms with Gasteiger partial charge < -0.3 is 9.55 Å². The summed E-state index contributed by atoms with van der Waals surface area (Å²) in [6.07, 6.45) is 0. The molecule has 4 aromatic rings. The standard InChI is InChI=1S/C21H14FN3OS/c1-11(2)25-18-9-16(22)13(5-6-27)8-15(18)20(26)19-14-4-3-12(10-23)7-17(14)24-21(19)25/h3-4,7-9,11,24,27H,1-2H3. The molecule has 0 saturated heterocycles. The molecule has 6 heteroatoms. The molecule has 2 aromatic carbocycles. The van der Waals surface area contributed by atoms with E-state index in [9.17, 15) is 9.18 Å². The number of aromatic nitrogens is 2. The van der Waals surface area contributed by atoms with Crippen molar-refractivity contribution in [2.45, 2.75) is 19.9 Å². The van der Waals surface area contributed by atoms with Gasteiger partial charge in [0, 0.05) is 22.3 Å². The molecule has 4 rings (SSSR count). The number of nitriles is 1. The van der Waals surface area contributed by atoms with Gasteiger partial charge in [-0.3, -0.25) is 4.79 Å². The minimum Gasteiger partial charge on any atom is -0.340 e. The zero-order valence-corrected chi connectivity index (χ0v) is 15.5. The number of nitrogens with zero attached hydrogens (tertiary/aromatic N) is 2. The van der Waals surface area contributed by atoms with Crippen LogP contribution < -0.4 is 5.43 Å². The van der Waals surface area contributed by atoms with Gasteiger partial charge in [0.15, 0.2) is 5.43 Å². The number of pyridine rings is 1. The molecule has 4 nitrogen and oxygen atoms in total. The number of hydrogen-bond acceptors (Lipinski definition) is 3. The predicted molar refractivity (Wildman–Crippen MR) is 108 cm³/mol. The maximum Gasteiger partial charge on any atom is 0.199 e. The van der Waals surface area contributed by atoms with Crippen LogP contribution >= 0.6 is 12.6 Å². The Morgan fingerprint density at radius 2 is 2.00 bits per heavy atom. The van der Waals surface area contributed by atoms with Gasteiger partial charge in [-0.2, -0.15) is 5.26 Å². The Kier molecular flexibility index (Phi) is 3.95. The highest BCUT2D eigenvalue weighted by molar-refractivity contribution is 7.85. The molecule has 0 aliphatic heterocycles. The Labute approximate surface area is 159 Å². The van der Waals surface area contributed by atoms with Gasteiger partial charge in [-0.25, -0.2) is 4.39 Å². The second-order valence-electron chi connectivity index (χ2n) is 6.60. The molecular formula is C21H14FN3OS. The van der Waals surface area contributed by atoms with Crippen molar-refractivity contribution < 1.29 is 4.39 Å². The number of fused-ring (bicyclic) bond motifs is 4. The van der Waals surface area contributed by atoms with Crippen LogP contribution in [-0.4, -0.2) is 9.55 Å². The third-order valence-corrected chi connectivity index (χ3v) is 4.78. The number of halogens is 1. The first-order valence-corrected chi connectivity index (χ1v) is 8.79. The van der Waals surface area contributed by atoms with Crippen molar-refractivity contribution in [3.8, 4) is 17.2 Å². The van der Waals surface area contributed by atoms with Gasteiger partial charge in [0.05, 0.1) is 28.1 Å². The van der Waals surface area contributed by atoms with Crippen molar-refractivity contribution in [2.24, 2.45) is 0 Å². The Bertz CT molecular complexity index is 1410. The van der Waals surface area contributed by atoms with Gasteiger partial charge >= 0.3 is 0 Å². The van der Waals surface area contributed by atoms with E-state index in [0.29, 0.717) is 33.0 Å². The van der Waals surface area contributed by atoms with Gasteiger partial charge in [0.25, 0.3) is 0 Å². The molecule has 0 spiro atoms. The highest BCUT2D eigenvalue weighted by atomic mass is 32.1. The summed E-state index contributed by atoms with van der Waals surface area (Å²) in [7, 11) is 0. The number of benzene rings is 2. The van der Waals surface area contributed by atoms with Gasteiger partial charge in [-0.05, 0) is 43.4 Å². The molecule has 0 unspecified atom stereocenters. The van der Waals surface area contributed by atoms with Gasteiger partial charge in [0.1, 0.15) is 11.5 Å². The van der Waals surface area contributed by atoms with Crippen LogP contribution in [0.5, 0.6) is 0 Å². The van der Waals surface area contributed by atoms with Crippen molar-refractivity contribution in [3.05, 3.63) is 57.5 Å². The number of aromatic amines is 1. The summed E-state index contributed by atoms with van der Waals surface area (Å²) in [5.74, 6) is 2.09. The van der Waals surface area contributed by atoms with E-state index in [-0.39, 0.29) is 17.0 Å². The molecule has 0 aliphatic rings. The molecule has 0 saturated carbocycles. The summed E-state index contributed by atoms with van der Waals surface area (Å²) >= 11 is 3.83. The maximum absolute atomic E-state index is 14.5. The van der Waals surface area contributed by atoms with Crippen molar-refractivity contribution in [1.82, 2.24) is 9.55 Å². The molecule has 1 N–H and O–H groups in total. The van der Waals surface area contributed by atoms with Gasteiger partial charge in [-0.1, -0.05) is 24.6 Å². The number of rotatable bonds is 1. The lowest BCUT2D eigenvalue weighted by Crippen LogP contribution is -2.13. The van der Waals surface area contributed by atoms with E-state index in [4.69, 9.17) is 5.26 Å². The summed E-state index contributed by atoms with van der Waals surface area (Å²) in [4.78, 5) is 16.5. The Balaban J connectivity index is 2.29. The van der Waals surface area contributed by atoms with Crippen molar-refractivity contribution in [1.29, 1.82) is 5.26 Å². The molecule has 0 aliphatic carbocycles. The molecule has 132 valence electrons. The highest BCUT2D eigenvalue weighted by Gasteiger charge is 2.19. The van der Waals surface area contributed by atoms with Crippen LogP contribution in [0.3, 0.4) is 0 Å². The van der Waals surface area contributed by atoms with E-state index < -0.39 is 5.82 Å². The van der Waals surface area contributed by atoms with Gasteiger partial charge in [0.2, 0.25) is 0 Å². The fraction of sp³-hybridized carbons (Fsp3) is 0.143. The minimum atomic E-state index is -0.500. The summed E-state index contributed by atoms with van der Waals surface area (Å²) in [5, 5.41) is 13.2. The minimum absolute atomic E-state index is 0.0275. The molecule has 0 bridgehead atoms. The molecule has 0 amide bonds. The first kappa shape index (κ1) is 17.2. The van der Waals surface area contributed by atoms with E-state index >= 15 is 0 Å². The van der Waals surface area contributed by atoms with E-state index in [1.807, 2.05) is 18.4 Å². The molecule has 27 heavy (non-hydrogen) atoms. The SMILES string of the molecule is CC(C)n1c2cc(F)c(C#CS)cc2c(=O)c2c3ccc(C#N)cc3[nH]c21. The van der Waals surface area contributed by atoms with Crippen LogP contribution in [0.1, 0.15) is 31.0 Å². The molecular weight excluding hydrogens is 361 g/mol. The lowest BCUT2D eigenvalue weighted by atomic mass is 10.1. The second-order valence-corrected chi connectivity index (χ2v) is 6.82. The third kappa shape index (κ3) is 2.50. The fourth-order valence-corrected chi connectivity index (χ4v) is 3.68. The van der Waals surface area contributed by atoms with Crippen molar-refractivity contribution in [2.75, 3.05) is 0 Å². The van der Waals surface area contributed by atoms with Crippen LogP contribution in [0, 0.1) is 28.3 Å². The van der Waals surface area contributed by atoms with Crippen molar-refractivity contribution in [3.63, 3.8) is 0 Å². The van der Waals surface area contributed by atoms with Crippen molar-refractivity contribution >= 4 is 45.5 Å². The average Bonchev–Trinajstić information content (AvgIpc) is 3.01. The first-order valence-electron chi connectivity index (χ1n) is 8.34. The smallest absolute Gasteiger partial charge is 0.199 e. The zero-order chi connectivity index (χ0) is 19.3. The Morgan fingerprint density at radius 1 is 1.22 bits per heavy atom. The molecule has 0 fully saturated rings. The lowest BCUT2D eigenvalue weighted by Gasteiger charge is -2.17. The van der Waals surface area contributed by atoms with Crippen LogP contribution in [-0.2, 0) is 0 Å². The van der Waals surface area contributed by atoms with Crippen LogP contribution in [0.2, 0.25) is 0 Å². The van der Waals surface area contributed by atoms with E-state index in [1.165, 1.54) is 12.1 Å². The van der Waals surface area contributed by atoms with Crippen LogP contribution in [0.25, 0.3) is 32.8 Å². The normalized spacial score (nSPS) is 11.1. The highest BCUT2D eigenvalue weighted by Crippen LogP contribution is 2.30. The summed E-state index contributed by atoms with van der Waals surface area (Å²) < 4.78 is 16.4. The second kappa shape index (κ2) is 6.19. The molecule has 0 atom stereocenters. The number of H-pyrrole nitrogens is 1. The van der Waals surface area contributed by atoms with Gasteiger partial charge in [-0.15, -0.1) is 0 Å². The van der Waals surface area contributed by atoms with Crippen LogP contribution in [0.4, 0.5) is 4.39 Å². The number of hydrogen-bond donors (Lipinski definition) is 2. The van der Waals surface area contributed by atoms with E-state index in [1.54, 1.807) is 18.2 Å². The number of thiol groups is 1. The van der Waals surface area contributed by atoms with E-state index in [2.05, 4.69) is 34.9 Å². The maximum atomic E-state index is 14.5. The molecule has 0 radical (unpaired) electrons. The lowest BCUT2D eigenvalue weighted by molar-refractivity contribution is 0.615. The quantitative estimate of drug-likeness (QED) is 0.381. The topological polar surface area (TPSA) is 61.6 Å². The monoisotopic (exact) mass is 375 g/mol. The first-order chi connectivity index (χ1) is 13.0. The average molecular weight is 375 g/mol. The molecule has 2 heterocycles. The largest absolute Gasteiger partial charge is 0.340 e. The molecule has 2 aromatic heterocycles. The summed E-state index contributed by atoms with van der Waals surface area (Å²) in [6, 6.07) is 10.1. The summed E-state index contributed by atoms with van der Waals surface area (Å²) in [6.45, 7) is 3.93. The number of nitrogens with one attached hydrogen (secondary N) is 1. The van der Waals surface area contributed by atoms with E-state index in [0.717, 1.165) is 5.39 Å².